The van der Waals surface area contributed by atoms with Gasteiger partial charge in [-0.2, -0.15) is 0 Å². The second kappa shape index (κ2) is 9.65. The largest absolute Gasteiger partial charge is 0.354 e. The Morgan fingerprint density at radius 3 is 2.41 bits per heavy atom. The van der Waals surface area contributed by atoms with Gasteiger partial charge in [-0.25, -0.2) is 4.39 Å². The van der Waals surface area contributed by atoms with Gasteiger partial charge in [-0.05, 0) is 77.7 Å². The summed E-state index contributed by atoms with van der Waals surface area (Å²) in [6.45, 7) is 9.07. The minimum atomic E-state index is -0.176. The maximum atomic E-state index is 14.3. The van der Waals surface area contributed by atoms with E-state index in [1.165, 1.54) is 6.07 Å². The van der Waals surface area contributed by atoms with Gasteiger partial charge in [0.15, 0.2) is 0 Å². The SMILES string of the molecule is CC(C)N1CCC(CC(=O)NCC(c2ccccc2F)N2CCCC2)CC1. The number of hydrogen-bond acceptors (Lipinski definition) is 3. The van der Waals surface area contributed by atoms with Crippen molar-refractivity contribution in [3.63, 3.8) is 0 Å². The Hall–Kier alpha value is -1.46. The van der Waals surface area contributed by atoms with E-state index in [0.29, 0.717) is 30.5 Å². The first-order valence-corrected chi connectivity index (χ1v) is 10.5. The van der Waals surface area contributed by atoms with Gasteiger partial charge >= 0.3 is 0 Å². The average Bonchev–Trinajstić information content (AvgIpc) is 3.18. The molecule has 1 N–H and O–H groups in total. The molecule has 2 aliphatic heterocycles. The average molecular weight is 376 g/mol. The van der Waals surface area contributed by atoms with Gasteiger partial charge in [0.05, 0.1) is 6.04 Å². The summed E-state index contributed by atoms with van der Waals surface area (Å²) in [5.41, 5.74) is 0.699. The van der Waals surface area contributed by atoms with Crippen molar-refractivity contribution in [2.45, 2.75) is 58.0 Å². The lowest BCUT2D eigenvalue weighted by atomic mass is 9.92. The van der Waals surface area contributed by atoms with Gasteiger partial charge in [-0.3, -0.25) is 9.69 Å². The third-order valence-electron chi connectivity index (χ3n) is 6.19. The summed E-state index contributed by atoms with van der Waals surface area (Å²) in [7, 11) is 0. The van der Waals surface area contributed by atoms with Crippen molar-refractivity contribution in [3.8, 4) is 0 Å². The minimum absolute atomic E-state index is 0.0690. The van der Waals surface area contributed by atoms with E-state index in [0.717, 1.165) is 51.9 Å². The summed E-state index contributed by atoms with van der Waals surface area (Å²) in [4.78, 5) is 17.3. The van der Waals surface area contributed by atoms with E-state index in [9.17, 15) is 9.18 Å². The Morgan fingerprint density at radius 2 is 1.78 bits per heavy atom. The minimum Gasteiger partial charge on any atom is -0.354 e. The van der Waals surface area contributed by atoms with E-state index in [1.807, 2.05) is 12.1 Å². The fourth-order valence-electron chi connectivity index (χ4n) is 4.45. The molecule has 0 bridgehead atoms. The highest BCUT2D eigenvalue weighted by Gasteiger charge is 2.27. The van der Waals surface area contributed by atoms with Crippen LogP contribution < -0.4 is 5.32 Å². The standard InChI is InChI=1S/C22H34FN3O/c1-17(2)25-13-9-18(10-14-25)15-22(27)24-16-21(26-11-5-6-12-26)19-7-3-4-8-20(19)23/h3-4,7-8,17-18,21H,5-6,9-16H2,1-2H3,(H,24,27). The Balaban J connectivity index is 1.53. The van der Waals surface area contributed by atoms with Crippen LogP contribution in [-0.2, 0) is 4.79 Å². The molecule has 1 unspecified atom stereocenters. The summed E-state index contributed by atoms with van der Waals surface area (Å²) in [5.74, 6) is 0.405. The highest BCUT2D eigenvalue weighted by atomic mass is 19.1. The lowest BCUT2D eigenvalue weighted by Gasteiger charge is -2.34. The summed E-state index contributed by atoms with van der Waals surface area (Å²) >= 11 is 0. The number of carbonyl (C=O) groups excluding carboxylic acids is 1. The Labute approximate surface area is 163 Å². The number of benzene rings is 1. The van der Waals surface area contributed by atoms with Crippen molar-refractivity contribution >= 4 is 5.91 Å². The zero-order chi connectivity index (χ0) is 19.2. The van der Waals surface area contributed by atoms with Crippen LogP contribution in [-0.4, -0.2) is 54.5 Å². The Bertz CT molecular complexity index is 607. The summed E-state index contributed by atoms with van der Waals surface area (Å²) in [5, 5.41) is 3.11. The van der Waals surface area contributed by atoms with Crippen molar-refractivity contribution in [1.82, 2.24) is 15.1 Å². The number of halogens is 1. The molecular formula is C22H34FN3O. The first-order chi connectivity index (χ1) is 13.0. The number of nitrogens with one attached hydrogen (secondary N) is 1. The van der Waals surface area contributed by atoms with Crippen molar-refractivity contribution < 1.29 is 9.18 Å². The molecule has 2 aliphatic rings. The molecule has 0 spiro atoms. The Morgan fingerprint density at radius 1 is 1.11 bits per heavy atom. The zero-order valence-electron chi connectivity index (χ0n) is 16.8. The number of likely N-dealkylation sites (tertiary alicyclic amines) is 2. The number of amides is 1. The summed E-state index contributed by atoms with van der Waals surface area (Å²) in [6, 6.07) is 7.49. The topological polar surface area (TPSA) is 35.6 Å². The fourth-order valence-corrected chi connectivity index (χ4v) is 4.45. The molecule has 5 heteroatoms. The van der Waals surface area contributed by atoms with Crippen molar-refractivity contribution in [1.29, 1.82) is 0 Å². The third-order valence-corrected chi connectivity index (χ3v) is 6.19. The molecule has 27 heavy (non-hydrogen) atoms. The molecular weight excluding hydrogens is 341 g/mol. The summed E-state index contributed by atoms with van der Waals surface area (Å²) < 4.78 is 14.3. The normalized spacial score (nSPS) is 20.9. The molecule has 1 aromatic carbocycles. The van der Waals surface area contributed by atoms with Gasteiger partial charge in [0, 0.05) is 24.6 Å². The van der Waals surface area contributed by atoms with E-state index >= 15 is 0 Å². The number of carbonyl (C=O) groups is 1. The molecule has 4 nitrogen and oxygen atoms in total. The molecule has 0 aliphatic carbocycles. The van der Waals surface area contributed by atoms with E-state index in [4.69, 9.17) is 0 Å². The second-order valence-electron chi connectivity index (χ2n) is 8.36. The van der Waals surface area contributed by atoms with Crippen LogP contribution in [0.1, 0.15) is 57.6 Å². The van der Waals surface area contributed by atoms with Crippen LogP contribution in [0.4, 0.5) is 4.39 Å². The molecule has 2 saturated heterocycles. The Kier molecular flexibility index (Phi) is 7.25. The number of piperidine rings is 1. The van der Waals surface area contributed by atoms with Gasteiger partial charge in [0.2, 0.25) is 5.91 Å². The molecule has 1 amide bonds. The molecule has 150 valence electrons. The van der Waals surface area contributed by atoms with Crippen LogP contribution in [0.3, 0.4) is 0 Å². The summed E-state index contributed by atoms with van der Waals surface area (Å²) in [6.07, 6.45) is 5.07. The van der Waals surface area contributed by atoms with E-state index in [2.05, 4.69) is 29.0 Å². The van der Waals surface area contributed by atoms with Crippen LogP contribution in [0.2, 0.25) is 0 Å². The number of nitrogens with zero attached hydrogens (tertiary/aromatic N) is 2. The van der Waals surface area contributed by atoms with Crippen molar-refractivity contribution in [2.75, 3.05) is 32.7 Å². The van der Waals surface area contributed by atoms with Crippen LogP contribution in [0.5, 0.6) is 0 Å². The van der Waals surface area contributed by atoms with E-state index < -0.39 is 0 Å². The lowest BCUT2D eigenvalue weighted by Crippen LogP contribution is -2.41. The van der Waals surface area contributed by atoms with Gasteiger partial charge in [0.25, 0.3) is 0 Å². The maximum absolute atomic E-state index is 14.3. The van der Waals surface area contributed by atoms with Crippen LogP contribution in [0.25, 0.3) is 0 Å². The first-order valence-electron chi connectivity index (χ1n) is 10.5. The molecule has 3 rings (SSSR count). The lowest BCUT2D eigenvalue weighted by molar-refractivity contribution is -0.122. The van der Waals surface area contributed by atoms with Crippen LogP contribution >= 0.6 is 0 Å². The molecule has 0 radical (unpaired) electrons. The highest BCUT2D eigenvalue weighted by Crippen LogP contribution is 2.27. The number of rotatable bonds is 7. The molecule has 1 aromatic rings. The maximum Gasteiger partial charge on any atom is 0.220 e. The third kappa shape index (κ3) is 5.52. The molecule has 2 fully saturated rings. The highest BCUT2D eigenvalue weighted by molar-refractivity contribution is 5.76. The quantitative estimate of drug-likeness (QED) is 0.791. The van der Waals surface area contributed by atoms with Crippen molar-refractivity contribution in [3.05, 3.63) is 35.6 Å². The number of hydrogen-bond donors (Lipinski definition) is 1. The molecule has 1 atom stereocenters. The van der Waals surface area contributed by atoms with Crippen LogP contribution in [0, 0.1) is 11.7 Å². The van der Waals surface area contributed by atoms with Gasteiger partial charge in [-0.15, -0.1) is 0 Å². The zero-order valence-corrected chi connectivity index (χ0v) is 16.8. The first kappa shape index (κ1) is 20.3. The predicted octanol–water partition coefficient (Wildman–Crippen LogP) is 3.59. The predicted molar refractivity (Wildman–Crippen MR) is 107 cm³/mol. The van der Waals surface area contributed by atoms with Gasteiger partial charge in [-0.1, -0.05) is 18.2 Å². The van der Waals surface area contributed by atoms with Crippen molar-refractivity contribution in [2.24, 2.45) is 5.92 Å². The molecule has 0 saturated carbocycles. The van der Waals surface area contributed by atoms with Crippen LogP contribution in [0.15, 0.2) is 24.3 Å². The molecule has 2 heterocycles. The molecule has 0 aromatic heterocycles. The second-order valence-corrected chi connectivity index (χ2v) is 8.36. The van der Waals surface area contributed by atoms with Gasteiger partial charge in [0.1, 0.15) is 5.82 Å². The van der Waals surface area contributed by atoms with Gasteiger partial charge < -0.3 is 10.2 Å². The smallest absolute Gasteiger partial charge is 0.220 e. The fraction of sp³-hybridized carbons (Fsp3) is 0.682. The van der Waals surface area contributed by atoms with E-state index in [-0.39, 0.29) is 17.8 Å². The monoisotopic (exact) mass is 375 g/mol. The van der Waals surface area contributed by atoms with E-state index in [1.54, 1.807) is 6.07 Å².